The zero-order valence-corrected chi connectivity index (χ0v) is 11.1. The van der Waals surface area contributed by atoms with Crippen LogP contribution in [0.1, 0.15) is 45.3 Å². The van der Waals surface area contributed by atoms with Gasteiger partial charge in [-0.25, -0.2) is 0 Å². The van der Waals surface area contributed by atoms with Crippen molar-refractivity contribution >= 4 is 0 Å². The average Bonchev–Trinajstić information content (AvgIpc) is 2.95. The third-order valence-electron chi connectivity index (χ3n) is 3.96. The van der Waals surface area contributed by atoms with Gasteiger partial charge < -0.3 is 9.73 Å². The van der Waals surface area contributed by atoms with E-state index in [9.17, 15) is 0 Å². The van der Waals surface area contributed by atoms with E-state index in [1.54, 1.807) is 6.26 Å². The molecule has 1 aromatic rings. The molecule has 1 aromatic heterocycles. The first-order valence-corrected chi connectivity index (χ1v) is 7.05. The molecule has 96 valence electrons. The summed E-state index contributed by atoms with van der Waals surface area (Å²) in [4.78, 5) is 0. The number of nitrogens with one attached hydrogen (secondary N) is 1. The molecule has 2 rings (SSSR count). The molecule has 1 saturated carbocycles. The first kappa shape index (κ1) is 12.7. The average molecular weight is 235 g/mol. The first-order chi connectivity index (χ1) is 8.29. The Bertz CT molecular complexity index is 307. The van der Waals surface area contributed by atoms with E-state index in [4.69, 9.17) is 4.42 Å². The second-order valence-corrected chi connectivity index (χ2v) is 5.52. The largest absolute Gasteiger partial charge is 0.469 e. The highest BCUT2D eigenvalue weighted by Crippen LogP contribution is 2.33. The fraction of sp³-hybridized carbons (Fsp3) is 0.733. The van der Waals surface area contributed by atoms with Crippen LogP contribution in [0, 0.1) is 11.8 Å². The van der Waals surface area contributed by atoms with Crippen LogP contribution >= 0.6 is 0 Å². The topological polar surface area (TPSA) is 25.2 Å². The summed E-state index contributed by atoms with van der Waals surface area (Å²) < 4.78 is 5.49. The quantitative estimate of drug-likeness (QED) is 0.814. The van der Waals surface area contributed by atoms with Gasteiger partial charge in [0.1, 0.15) is 5.76 Å². The Morgan fingerprint density at radius 1 is 1.47 bits per heavy atom. The Kier molecular flexibility index (Phi) is 4.66. The van der Waals surface area contributed by atoms with Gasteiger partial charge in [0.2, 0.25) is 0 Å². The van der Waals surface area contributed by atoms with Gasteiger partial charge in [0.05, 0.1) is 6.26 Å². The molecule has 2 nitrogen and oxygen atoms in total. The molecular weight excluding hydrogens is 210 g/mol. The van der Waals surface area contributed by atoms with E-state index in [2.05, 4.69) is 25.2 Å². The minimum absolute atomic E-state index is 0.603. The van der Waals surface area contributed by atoms with E-state index in [1.165, 1.54) is 25.7 Å². The summed E-state index contributed by atoms with van der Waals surface area (Å²) in [5.41, 5.74) is 0. The van der Waals surface area contributed by atoms with Crippen LogP contribution in [0.5, 0.6) is 0 Å². The number of hydrogen-bond acceptors (Lipinski definition) is 2. The summed E-state index contributed by atoms with van der Waals surface area (Å²) >= 11 is 0. The smallest absolute Gasteiger partial charge is 0.105 e. The second kappa shape index (κ2) is 6.25. The highest BCUT2D eigenvalue weighted by atomic mass is 16.3. The highest BCUT2D eigenvalue weighted by Gasteiger charge is 2.28. The van der Waals surface area contributed by atoms with Gasteiger partial charge in [-0.3, -0.25) is 0 Å². The van der Waals surface area contributed by atoms with Crippen molar-refractivity contribution in [3.63, 3.8) is 0 Å². The lowest BCUT2D eigenvalue weighted by atomic mass is 9.93. The summed E-state index contributed by atoms with van der Waals surface area (Å²) in [5, 5.41) is 3.71. The van der Waals surface area contributed by atoms with Crippen LogP contribution in [0.4, 0.5) is 0 Å². The van der Waals surface area contributed by atoms with Crippen LogP contribution in [-0.4, -0.2) is 12.6 Å². The molecule has 3 unspecified atom stereocenters. The maximum atomic E-state index is 5.49. The van der Waals surface area contributed by atoms with Crippen molar-refractivity contribution in [3.05, 3.63) is 24.2 Å². The summed E-state index contributed by atoms with van der Waals surface area (Å²) in [6.45, 7) is 5.73. The monoisotopic (exact) mass is 235 g/mol. The maximum Gasteiger partial charge on any atom is 0.105 e. The lowest BCUT2D eigenvalue weighted by Gasteiger charge is -2.24. The van der Waals surface area contributed by atoms with Gasteiger partial charge >= 0.3 is 0 Å². The molecular formula is C15H25NO. The molecule has 17 heavy (non-hydrogen) atoms. The van der Waals surface area contributed by atoms with Gasteiger partial charge in [-0.15, -0.1) is 0 Å². The summed E-state index contributed by atoms with van der Waals surface area (Å²) in [5.74, 6) is 2.86. The highest BCUT2D eigenvalue weighted by molar-refractivity contribution is 5.02. The minimum Gasteiger partial charge on any atom is -0.469 e. The molecule has 0 aliphatic heterocycles. The second-order valence-electron chi connectivity index (χ2n) is 5.52. The van der Waals surface area contributed by atoms with Gasteiger partial charge in [-0.1, -0.05) is 20.3 Å². The molecule has 1 aliphatic rings. The number of furan rings is 1. The van der Waals surface area contributed by atoms with Gasteiger partial charge in [0.15, 0.2) is 0 Å². The maximum absolute atomic E-state index is 5.49. The molecule has 0 aromatic carbocycles. The third kappa shape index (κ3) is 3.60. The zero-order valence-electron chi connectivity index (χ0n) is 11.1. The standard InChI is InChI=1S/C15H25NO/c1-3-8-16-15(11-14-5-4-9-17-14)13-7-6-12(2)10-13/h4-5,9,12-13,15-16H,3,6-8,10-11H2,1-2H3. The van der Waals surface area contributed by atoms with Crippen molar-refractivity contribution in [2.24, 2.45) is 11.8 Å². The Labute approximate surface area is 105 Å². The summed E-state index contributed by atoms with van der Waals surface area (Å²) in [6, 6.07) is 4.69. The normalized spacial score (nSPS) is 26.2. The summed E-state index contributed by atoms with van der Waals surface area (Å²) in [6.07, 6.45) is 8.18. The fourth-order valence-corrected chi connectivity index (χ4v) is 3.00. The minimum atomic E-state index is 0.603. The van der Waals surface area contributed by atoms with E-state index in [-0.39, 0.29) is 0 Å². The molecule has 1 heterocycles. The van der Waals surface area contributed by atoms with E-state index in [0.717, 1.165) is 30.6 Å². The van der Waals surface area contributed by atoms with E-state index >= 15 is 0 Å². The van der Waals surface area contributed by atoms with Crippen LogP contribution in [0.25, 0.3) is 0 Å². The Morgan fingerprint density at radius 2 is 2.35 bits per heavy atom. The van der Waals surface area contributed by atoms with Crippen LogP contribution in [0.2, 0.25) is 0 Å². The fourth-order valence-electron chi connectivity index (χ4n) is 3.00. The van der Waals surface area contributed by atoms with Crippen molar-refractivity contribution in [1.29, 1.82) is 0 Å². The number of rotatable bonds is 6. The predicted octanol–water partition coefficient (Wildman–Crippen LogP) is 3.63. The van der Waals surface area contributed by atoms with E-state index in [0.29, 0.717) is 6.04 Å². The van der Waals surface area contributed by atoms with Crippen LogP contribution in [0.3, 0.4) is 0 Å². The third-order valence-corrected chi connectivity index (χ3v) is 3.96. The summed E-state index contributed by atoms with van der Waals surface area (Å²) in [7, 11) is 0. The lowest BCUT2D eigenvalue weighted by Crippen LogP contribution is -2.37. The molecule has 0 radical (unpaired) electrons. The van der Waals surface area contributed by atoms with Crippen molar-refractivity contribution < 1.29 is 4.42 Å². The Hall–Kier alpha value is -0.760. The van der Waals surface area contributed by atoms with E-state index < -0.39 is 0 Å². The molecule has 0 spiro atoms. The van der Waals surface area contributed by atoms with E-state index in [1.807, 2.05) is 6.07 Å². The molecule has 3 atom stereocenters. The van der Waals surface area contributed by atoms with Crippen LogP contribution < -0.4 is 5.32 Å². The van der Waals surface area contributed by atoms with Crippen molar-refractivity contribution in [2.75, 3.05) is 6.54 Å². The molecule has 1 aliphatic carbocycles. The van der Waals surface area contributed by atoms with Crippen LogP contribution in [-0.2, 0) is 6.42 Å². The molecule has 1 N–H and O–H groups in total. The van der Waals surface area contributed by atoms with Gasteiger partial charge in [0, 0.05) is 12.5 Å². The molecule has 2 heteroatoms. The SMILES string of the molecule is CCCNC(Cc1ccco1)C1CCC(C)C1. The van der Waals surface area contributed by atoms with Crippen LogP contribution in [0.15, 0.2) is 22.8 Å². The Morgan fingerprint density at radius 3 is 2.94 bits per heavy atom. The molecule has 0 saturated heterocycles. The predicted molar refractivity (Wildman–Crippen MR) is 71.0 cm³/mol. The molecule has 0 bridgehead atoms. The van der Waals surface area contributed by atoms with Gasteiger partial charge in [-0.05, 0) is 49.8 Å². The molecule has 1 fully saturated rings. The Balaban J connectivity index is 1.92. The van der Waals surface area contributed by atoms with Crippen molar-refractivity contribution in [1.82, 2.24) is 5.32 Å². The van der Waals surface area contributed by atoms with Gasteiger partial charge in [-0.2, -0.15) is 0 Å². The number of hydrogen-bond donors (Lipinski definition) is 1. The van der Waals surface area contributed by atoms with Gasteiger partial charge in [0.25, 0.3) is 0 Å². The lowest BCUT2D eigenvalue weighted by molar-refractivity contribution is 0.329. The molecule has 0 amide bonds. The first-order valence-electron chi connectivity index (χ1n) is 7.05. The zero-order chi connectivity index (χ0) is 12.1. The van der Waals surface area contributed by atoms with Crippen molar-refractivity contribution in [2.45, 2.75) is 52.0 Å². The van der Waals surface area contributed by atoms with Crippen molar-refractivity contribution in [3.8, 4) is 0 Å².